The second-order valence-corrected chi connectivity index (χ2v) is 10.3. The summed E-state index contributed by atoms with van der Waals surface area (Å²) in [5.41, 5.74) is 0.133. The number of amides is 1. The molecule has 0 saturated carbocycles. The predicted octanol–water partition coefficient (Wildman–Crippen LogP) is 2.94. The Kier molecular flexibility index (Phi) is 5.65. The van der Waals surface area contributed by atoms with Crippen LogP contribution >= 0.6 is 0 Å². The molecular weight excluding hydrogens is 206 g/mol. The molecule has 3 nitrogen and oxygen atoms in total. The van der Waals surface area contributed by atoms with Crippen molar-refractivity contribution in [2.45, 2.75) is 52.2 Å². The third-order valence-corrected chi connectivity index (χ3v) is 4.14. The molecule has 0 rings (SSSR count). The fourth-order valence-electron chi connectivity index (χ4n) is 1.12. The van der Waals surface area contributed by atoms with Crippen LogP contribution in [0.3, 0.4) is 0 Å². The first-order valence-electron chi connectivity index (χ1n) is 5.37. The van der Waals surface area contributed by atoms with Gasteiger partial charge in [-0.15, -0.1) is 0 Å². The van der Waals surface area contributed by atoms with E-state index in [-0.39, 0.29) is 17.9 Å². The van der Waals surface area contributed by atoms with E-state index in [0.717, 1.165) is 0 Å². The first kappa shape index (κ1) is 14.2. The number of alkyl carbamates (subject to hydrolysis) is 1. The van der Waals surface area contributed by atoms with Crippen molar-refractivity contribution in [1.29, 1.82) is 0 Å². The van der Waals surface area contributed by atoms with Crippen molar-refractivity contribution in [2.75, 3.05) is 0 Å². The number of hydrogen-bond acceptors (Lipinski definition) is 2. The van der Waals surface area contributed by atoms with Crippen molar-refractivity contribution >= 4 is 14.2 Å². The maximum atomic E-state index is 11.4. The molecule has 0 aliphatic carbocycles. The Morgan fingerprint density at radius 2 is 1.87 bits per heavy atom. The first-order chi connectivity index (χ1) is 6.77. The summed E-state index contributed by atoms with van der Waals surface area (Å²) in [5.74, 6) is 0. The van der Waals surface area contributed by atoms with E-state index in [1.54, 1.807) is 0 Å². The Balaban J connectivity index is 4.36. The largest absolute Gasteiger partial charge is 0.447 e. The molecule has 0 fully saturated rings. The van der Waals surface area contributed by atoms with Crippen molar-refractivity contribution in [3.05, 3.63) is 12.2 Å². The molecule has 0 radical (unpaired) electrons. The van der Waals surface area contributed by atoms with Crippen LogP contribution < -0.4 is 5.32 Å². The van der Waals surface area contributed by atoms with Crippen LogP contribution in [0.5, 0.6) is 0 Å². The van der Waals surface area contributed by atoms with Gasteiger partial charge in [-0.25, -0.2) is 4.79 Å². The Morgan fingerprint density at radius 3 is 2.20 bits per heavy atom. The zero-order valence-electron chi connectivity index (χ0n) is 10.6. The molecule has 0 aromatic heterocycles. The lowest BCUT2D eigenvalue weighted by Gasteiger charge is -2.27. The number of rotatable bonds is 4. The monoisotopic (exact) mass is 229 g/mol. The van der Waals surface area contributed by atoms with Gasteiger partial charge in [-0.05, 0) is 20.8 Å². The van der Waals surface area contributed by atoms with E-state index in [1.165, 1.54) is 0 Å². The quantitative estimate of drug-likeness (QED) is 0.594. The van der Waals surface area contributed by atoms with Crippen molar-refractivity contribution < 1.29 is 9.53 Å². The number of ether oxygens (including phenoxy) is 1. The second kappa shape index (κ2) is 5.95. The summed E-state index contributed by atoms with van der Waals surface area (Å²) in [6.07, 6.45) is 3.61. The lowest BCUT2D eigenvalue weighted by Crippen LogP contribution is -2.50. The van der Waals surface area contributed by atoms with E-state index in [4.69, 9.17) is 4.74 Å². The van der Waals surface area contributed by atoms with E-state index in [9.17, 15) is 4.79 Å². The van der Waals surface area contributed by atoms with E-state index < -0.39 is 8.07 Å². The van der Waals surface area contributed by atoms with Crippen LogP contribution in [0, 0.1) is 0 Å². The van der Waals surface area contributed by atoms with Crippen LogP contribution in [-0.2, 0) is 4.74 Å². The number of carbonyl (C=O) groups excluding carboxylic acids is 1. The van der Waals surface area contributed by atoms with Gasteiger partial charge in [0.2, 0.25) is 0 Å². The van der Waals surface area contributed by atoms with Crippen LogP contribution in [0.1, 0.15) is 20.8 Å². The first-order valence-corrected chi connectivity index (χ1v) is 8.95. The van der Waals surface area contributed by atoms with E-state index in [1.807, 2.05) is 32.9 Å². The third-order valence-electron chi connectivity index (χ3n) is 1.93. The summed E-state index contributed by atoms with van der Waals surface area (Å²) in [5, 5.41) is 2.90. The number of allylic oxidation sites excluding steroid dienone is 1. The van der Waals surface area contributed by atoms with Crippen LogP contribution in [0.2, 0.25) is 19.6 Å². The van der Waals surface area contributed by atoms with Crippen LogP contribution in [0.15, 0.2) is 12.2 Å². The highest BCUT2D eigenvalue weighted by Gasteiger charge is 2.26. The van der Waals surface area contributed by atoms with Gasteiger partial charge in [0.25, 0.3) is 0 Å². The molecule has 0 spiro atoms. The molecule has 1 atom stereocenters. The Labute approximate surface area is 93.9 Å². The molecule has 0 aromatic rings. The van der Waals surface area contributed by atoms with Gasteiger partial charge in [0.05, 0.1) is 14.2 Å². The minimum absolute atomic E-state index is 0.0714. The Morgan fingerprint density at radius 1 is 1.33 bits per heavy atom. The molecule has 0 heterocycles. The summed E-state index contributed by atoms with van der Waals surface area (Å²) >= 11 is 0. The maximum absolute atomic E-state index is 11.4. The molecule has 0 aliphatic rings. The molecule has 0 bridgehead atoms. The fourth-order valence-corrected chi connectivity index (χ4v) is 2.44. The molecule has 15 heavy (non-hydrogen) atoms. The number of nitrogens with one attached hydrogen (secondary N) is 1. The maximum Gasteiger partial charge on any atom is 0.407 e. The normalized spacial score (nSPS) is 14.3. The summed E-state index contributed by atoms with van der Waals surface area (Å²) in [4.78, 5) is 11.4. The van der Waals surface area contributed by atoms with Crippen LogP contribution in [0.25, 0.3) is 0 Å². The van der Waals surface area contributed by atoms with Gasteiger partial charge in [-0.3, -0.25) is 0 Å². The standard InChI is InChI=1S/C11H23NO2Si/c1-7-8-10(15(4,5)6)12-11(13)14-9(2)3/h7-10H,1-6H3,(H,12,13)/b8-7+/t10-/m0/s1. The third kappa shape index (κ3) is 6.33. The summed E-state index contributed by atoms with van der Waals surface area (Å²) in [6, 6.07) is 0. The average Bonchev–Trinajstić information content (AvgIpc) is 2.00. The molecule has 0 unspecified atom stereocenters. The van der Waals surface area contributed by atoms with Crippen LogP contribution in [0.4, 0.5) is 4.79 Å². The highest BCUT2D eigenvalue weighted by Crippen LogP contribution is 2.09. The van der Waals surface area contributed by atoms with Crippen LogP contribution in [-0.4, -0.2) is 25.9 Å². The minimum Gasteiger partial charge on any atom is -0.447 e. The van der Waals surface area contributed by atoms with Gasteiger partial charge in [-0.1, -0.05) is 31.8 Å². The molecule has 1 amide bonds. The molecular formula is C11H23NO2Si. The minimum atomic E-state index is -1.42. The zero-order chi connectivity index (χ0) is 12.1. The SMILES string of the molecule is C/C=C/[C@@H](NC(=O)OC(C)C)[Si](C)(C)C. The van der Waals surface area contributed by atoms with Gasteiger partial charge in [0.15, 0.2) is 0 Å². The lowest BCUT2D eigenvalue weighted by molar-refractivity contribution is 0.115. The smallest absolute Gasteiger partial charge is 0.407 e. The molecule has 1 N–H and O–H groups in total. The summed E-state index contributed by atoms with van der Waals surface area (Å²) < 4.78 is 5.06. The Bertz CT molecular complexity index is 231. The molecule has 0 aliphatic heterocycles. The van der Waals surface area contributed by atoms with Crippen molar-refractivity contribution in [3.8, 4) is 0 Å². The topological polar surface area (TPSA) is 38.3 Å². The summed E-state index contributed by atoms with van der Waals surface area (Å²) in [7, 11) is -1.42. The molecule has 0 saturated heterocycles. The van der Waals surface area contributed by atoms with Gasteiger partial charge in [0, 0.05) is 5.67 Å². The lowest BCUT2D eigenvalue weighted by atomic mass is 10.5. The van der Waals surface area contributed by atoms with Gasteiger partial charge < -0.3 is 10.1 Å². The van der Waals surface area contributed by atoms with E-state index in [0.29, 0.717) is 0 Å². The van der Waals surface area contributed by atoms with E-state index in [2.05, 4.69) is 25.0 Å². The van der Waals surface area contributed by atoms with Gasteiger partial charge in [0.1, 0.15) is 0 Å². The van der Waals surface area contributed by atoms with Crippen molar-refractivity contribution in [3.63, 3.8) is 0 Å². The second-order valence-electron chi connectivity index (χ2n) is 4.97. The van der Waals surface area contributed by atoms with Crippen molar-refractivity contribution in [1.82, 2.24) is 5.32 Å². The highest BCUT2D eigenvalue weighted by molar-refractivity contribution is 6.78. The number of carbonyl (C=O) groups is 1. The molecule has 88 valence electrons. The van der Waals surface area contributed by atoms with Gasteiger partial charge >= 0.3 is 6.09 Å². The highest BCUT2D eigenvalue weighted by atomic mass is 28.3. The fraction of sp³-hybridized carbons (Fsp3) is 0.727. The zero-order valence-corrected chi connectivity index (χ0v) is 11.6. The summed E-state index contributed by atoms with van der Waals surface area (Å²) in [6.45, 7) is 12.3. The molecule has 4 heteroatoms. The van der Waals surface area contributed by atoms with Crippen molar-refractivity contribution in [2.24, 2.45) is 0 Å². The predicted molar refractivity (Wildman–Crippen MR) is 66.7 cm³/mol. The van der Waals surface area contributed by atoms with Gasteiger partial charge in [-0.2, -0.15) is 0 Å². The number of hydrogen-bond donors (Lipinski definition) is 1. The molecule has 0 aromatic carbocycles. The average molecular weight is 229 g/mol. The van der Waals surface area contributed by atoms with E-state index >= 15 is 0 Å². The Hall–Kier alpha value is -0.773.